The molecule has 3 aromatic rings. The molecule has 1 fully saturated rings. The predicted molar refractivity (Wildman–Crippen MR) is 177 cm³/mol. The van der Waals surface area contributed by atoms with Gasteiger partial charge in [-0.2, -0.15) is 0 Å². The molecule has 1 saturated heterocycles. The molecule has 252 valence electrons. The van der Waals surface area contributed by atoms with E-state index in [-0.39, 0.29) is 62.1 Å². The van der Waals surface area contributed by atoms with Crippen LogP contribution >= 0.6 is 0 Å². The summed E-state index contributed by atoms with van der Waals surface area (Å²) in [7, 11) is 0. The van der Waals surface area contributed by atoms with Crippen LogP contribution < -0.4 is 26.0 Å². The second-order valence-corrected chi connectivity index (χ2v) is 12.0. The number of fused-ring (bicyclic) bond motifs is 1. The Labute approximate surface area is 279 Å². The Morgan fingerprint density at radius 3 is 2.48 bits per heavy atom. The lowest BCUT2D eigenvalue weighted by Gasteiger charge is -2.22. The summed E-state index contributed by atoms with van der Waals surface area (Å²) in [5.74, 6) is -1.27. The minimum Gasteiger partial charge on any atom is -0.508 e. The minimum atomic E-state index is -1.07. The first-order valence-corrected chi connectivity index (χ1v) is 16.3. The first-order valence-electron chi connectivity index (χ1n) is 16.3. The number of carbonyl (C=O) groups excluding carboxylic acids is 5. The fraction of sp³-hybridized carbons (Fsp3) is 0.361. The third kappa shape index (κ3) is 9.57. The number of phenols is 1. The highest BCUT2D eigenvalue weighted by atomic mass is 16.5. The highest BCUT2D eigenvalue weighted by molar-refractivity contribution is 5.99. The molecule has 48 heavy (non-hydrogen) atoms. The molecule has 5 N–H and O–H groups in total. The molecule has 2 aliphatic rings. The average molecular weight is 656 g/mol. The number of hydrogen-bond donors (Lipinski definition) is 5. The van der Waals surface area contributed by atoms with Gasteiger partial charge in [-0.05, 0) is 60.2 Å². The molecule has 1 unspecified atom stereocenters. The molecule has 5 amide bonds. The van der Waals surface area contributed by atoms with Crippen LogP contribution in [0.5, 0.6) is 11.5 Å². The maximum atomic E-state index is 13.5. The highest BCUT2D eigenvalue weighted by Crippen LogP contribution is 2.19. The Hall–Kier alpha value is -5.39. The number of rotatable bonds is 7. The Balaban J connectivity index is 1.30. The van der Waals surface area contributed by atoms with Gasteiger partial charge < -0.3 is 36.0 Å². The highest BCUT2D eigenvalue weighted by Gasteiger charge is 2.27. The van der Waals surface area contributed by atoms with Gasteiger partial charge in [-0.3, -0.25) is 24.0 Å². The molecule has 12 nitrogen and oxygen atoms in total. The quantitative estimate of drug-likeness (QED) is 0.261. The van der Waals surface area contributed by atoms with Crippen LogP contribution in [0.1, 0.15) is 59.2 Å². The van der Waals surface area contributed by atoms with Crippen LogP contribution in [0, 0.1) is 0 Å². The SMILES string of the molecule is O=C1CC[C@@H](C(=O)NCc2cccc(CN3CCCC3=O)c2)NC(=O)c2ccccc2OCCCNC(=O)C(Cc2ccc(O)cc2)N1. The van der Waals surface area contributed by atoms with Crippen molar-refractivity contribution in [1.29, 1.82) is 0 Å². The smallest absolute Gasteiger partial charge is 0.255 e. The first kappa shape index (κ1) is 34.0. The van der Waals surface area contributed by atoms with Gasteiger partial charge in [-0.15, -0.1) is 0 Å². The molecule has 0 radical (unpaired) electrons. The third-order valence-electron chi connectivity index (χ3n) is 8.32. The molecule has 2 heterocycles. The molecule has 0 spiro atoms. The van der Waals surface area contributed by atoms with Gasteiger partial charge in [0.05, 0.1) is 12.2 Å². The van der Waals surface area contributed by atoms with Gasteiger partial charge in [0.25, 0.3) is 5.91 Å². The van der Waals surface area contributed by atoms with Crippen LogP contribution in [0.2, 0.25) is 0 Å². The van der Waals surface area contributed by atoms with Crippen LogP contribution in [-0.4, -0.2) is 71.3 Å². The second kappa shape index (κ2) is 16.4. The largest absolute Gasteiger partial charge is 0.508 e. The van der Waals surface area contributed by atoms with Crippen molar-refractivity contribution in [2.75, 3.05) is 19.7 Å². The topological polar surface area (TPSA) is 166 Å². The van der Waals surface area contributed by atoms with E-state index < -0.39 is 29.8 Å². The van der Waals surface area contributed by atoms with Crippen molar-refractivity contribution in [3.8, 4) is 11.5 Å². The summed E-state index contributed by atoms with van der Waals surface area (Å²) in [6, 6.07) is 18.7. The van der Waals surface area contributed by atoms with Gasteiger partial charge in [0.1, 0.15) is 23.6 Å². The van der Waals surface area contributed by atoms with E-state index in [1.165, 1.54) is 12.1 Å². The summed E-state index contributed by atoms with van der Waals surface area (Å²) in [6.07, 6.45) is 1.87. The summed E-state index contributed by atoms with van der Waals surface area (Å²) in [5.41, 5.74) is 2.76. The van der Waals surface area contributed by atoms with Gasteiger partial charge in [-0.25, -0.2) is 0 Å². The van der Waals surface area contributed by atoms with Crippen molar-refractivity contribution in [3.63, 3.8) is 0 Å². The monoisotopic (exact) mass is 655 g/mol. The van der Waals surface area contributed by atoms with Crippen molar-refractivity contribution >= 4 is 29.5 Å². The maximum Gasteiger partial charge on any atom is 0.255 e. The summed E-state index contributed by atoms with van der Waals surface area (Å²) < 4.78 is 5.88. The first-order chi connectivity index (χ1) is 23.2. The van der Waals surface area contributed by atoms with Crippen LogP contribution in [0.15, 0.2) is 72.8 Å². The molecule has 0 aliphatic carbocycles. The zero-order valence-corrected chi connectivity index (χ0v) is 26.7. The van der Waals surface area contributed by atoms with Crippen molar-refractivity contribution in [2.24, 2.45) is 0 Å². The Kier molecular flexibility index (Phi) is 11.6. The average Bonchev–Trinajstić information content (AvgIpc) is 3.49. The molecule has 0 bridgehead atoms. The molecular formula is C36H41N5O7. The van der Waals surface area contributed by atoms with Gasteiger partial charge >= 0.3 is 0 Å². The second-order valence-electron chi connectivity index (χ2n) is 12.0. The Bertz CT molecular complexity index is 1630. The molecule has 0 aromatic heterocycles. The number of nitrogens with zero attached hydrogens (tertiary/aromatic N) is 1. The van der Waals surface area contributed by atoms with Crippen LogP contribution in [-0.2, 0) is 38.7 Å². The molecule has 3 aromatic carbocycles. The number of aromatic hydroxyl groups is 1. The van der Waals surface area contributed by atoms with E-state index in [1.54, 1.807) is 36.4 Å². The number of carbonyl (C=O) groups is 5. The number of hydrogen-bond acceptors (Lipinski definition) is 7. The summed E-state index contributed by atoms with van der Waals surface area (Å²) in [4.78, 5) is 67.2. The number of ether oxygens (including phenoxy) is 1. The molecule has 2 atom stereocenters. The van der Waals surface area contributed by atoms with Crippen molar-refractivity contribution in [1.82, 2.24) is 26.2 Å². The van der Waals surface area contributed by atoms with Gasteiger partial charge in [0.15, 0.2) is 0 Å². The lowest BCUT2D eigenvalue weighted by atomic mass is 10.0. The van der Waals surface area contributed by atoms with Crippen molar-refractivity contribution in [2.45, 2.75) is 63.7 Å². The van der Waals surface area contributed by atoms with Gasteiger partial charge in [-0.1, -0.05) is 48.5 Å². The summed E-state index contributed by atoms with van der Waals surface area (Å²) >= 11 is 0. The van der Waals surface area contributed by atoms with E-state index >= 15 is 0 Å². The third-order valence-corrected chi connectivity index (χ3v) is 8.32. The van der Waals surface area contributed by atoms with Crippen LogP contribution in [0.4, 0.5) is 0 Å². The van der Waals surface area contributed by atoms with E-state index in [9.17, 15) is 29.1 Å². The molecular weight excluding hydrogens is 614 g/mol. The summed E-state index contributed by atoms with van der Waals surface area (Å²) in [5, 5.41) is 20.9. The fourth-order valence-electron chi connectivity index (χ4n) is 5.73. The molecule has 5 rings (SSSR count). The van der Waals surface area contributed by atoms with Crippen LogP contribution in [0.3, 0.4) is 0 Å². The number of benzene rings is 3. The normalized spacial score (nSPS) is 19.4. The van der Waals surface area contributed by atoms with Gasteiger partial charge in [0, 0.05) is 45.4 Å². The number of phenolic OH excluding ortho intramolecular Hbond substituents is 1. The maximum absolute atomic E-state index is 13.5. The number of nitrogens with one attached hydrogen (secondary N) is 4. The Morgan fingerprint density at radius 1 is 0.896 bits per heavy atom. The lowest BCUT2D eigenvalue weighted by molar-refractivity contribution is -0.129. The lowest BCUT2D eigenvalue weighted by Crippen LogP contribution is -2.50. The number of para-hydroxylation sites is 1. The van der Waals surface area contributed by atoms with Crippen LogP contribution in [0.25, 0.3) is 0 Å². The standard InChI is InChI=1S/C36H41N5O7/c42-27-13-11-24(12-14-27)21-30-36(47)37-17-5-19-48-31-9-2-1-8-28(31)34(45)40-29(15-16-32(43)39-30)35(46)38-22-25-6-3-7-26(20-25)23-41-18-4-10-33(41)44/h1-3,6-9,11-14,20,29-30,42H,4-5,10,15-19,21-23H2,(H,37,47)(H,38,46)(H,39,43)(H,40,45)/t29-,30?/m0/s1. The molecule has 0 saturated carbocycles. The van der Waals surface area contributed by atoms with Crippen molar-refractivity contribution < 1.29 is 33.8 Å². The number of amides is 5. The molecule has 12 heteroatoms. The molecule has 2 aliphatic heterocycles. The zero-order valence-electron chi connectivity index (χ0n) is 26.7. The van der Waals surface area contributed by atoms with E-state index in [0.29, 0.717) is 25.1 Å². The zero-order chi connectivity index (χ0) is 33.9. The van der Waals surface area contributed by atoms with Crippen molar-refractivity contribution in [3.05, 3.63) is 95.1 Å². The van der Waals surface area contributed by atoms with E-state index in [0.717, 1.165) is 29.7 Å². The van der Waals surface area contributed by atoms with E-state index in [1.807, 2.05) is 29.2 Å². The number of likely N-dealkylation sites (tertiary alicyclic amines) is 1. The predicted octanol–water partition coefficient (Wildman–Crippen LogP) is 2.34. The fourth-order valence-corrected chi connectivity index (χ4v) is 5.73. The van der Waals surface area contributed by atoms with E-state index in [4.69, 9.17) is 4.74 Å². The van der Waals surface area contributed by atoms with Gasteiger partial charge in [0.2, 0.25) is 23.6 Å². The Morgan fingerprint density at radius 2 is 1.69 bits per heavy atom. The minimum absolute atomic E-state index is 0.0307. The van der Waals surface area contributed by atoms with E-state index in [2.05, 4.69) is 21.3 Å². The summed E-state index contributed by atoms with van der Waals surface area (Å²) in [6.45, 7) is 1.91.